The molecule has 0 atom stereocenters. The number of aliphatic carboxylic acids is 1. The molecule has 0 saturated heterocycles. The number of unbranched alkanes of at least 4 members (excludes halogenated alkanes) is 2. The largest absolute Gasteiger partial charge is 0.497 e. The average molecular weight is 528 g/mol. The van der Waals surface area contributed by atoms with Gasteiger partial charge in [0.25, 0.3) is 0 Å². The Hall–Kier alpha value is -4.52. The number of carboxylic acids is 1. The number of carbonyl (C=O) groups excluding carboxylic acids is 1. The SMILES string of the molecule is COc1ccc(OC(=O)N(CC(=O)O)Cc2ccc3cc(OCCCCCc4ccccc4)ccc3c2)cc1. The second-order valence-electron chi connectivity index (χ2n) is 9.28. The average Bonchev–Trinajstić information content (AvgIpc) is 2.95. The highest BCUT2D eigenvalue weighted by atomic mass is 16.6. The van der Waals surface area contributed by atoms with Crippen molar-refractivity contribution in [2.75, 3.05) is 20.3 Å². The molecule has 202 valence electrons. The van der Waals surface area contributed by atoms with Gasteiger partial charge in [0.15, 0.2) is 0 Å². The number of methoxy groups -OCH3 is 1. The first-order chi connectivity index (χ1) is 19.0. The number of nitrogens with zero attached hydrogens (tertiary/aromatic N) is 1. The van der Waals surface area contributed by atoms with Gasteiger partial charge >= 0.3 is 12.1 Å². The van der Waals surface area contributed by atoms with Crippen LogP contribution in [0, 0.1) is 0 Å². The number of hydrogen-bond acceptors (Lipinski definition) is 5. The molecule has 0 radical (unpaired) electrons. The quantitative estimate of drug-likeness (QED) is 0.194. The van der Waals surface area contributed by atoms with Gasteiger partial charge in [-0.3, -0.25) is 9.69 Å². The minimum absolute atomic E-state index is 0.0957. The van der Waals surface area contributed by atoms with Crippen LogP contribution in [0.3, 0.4) is 0 Å². The van der Waals surface area contributed by atoms with Gasteiger partial charge in [0, 0.05) is 6.54 Å². The van der Waals surface area contributed by atoms with Crippen molar-refractivity contribution in [2.24, 2.45) is 0 Å². The van der Waals surface area contributed by atoms with Crippen LogP contribution in [0.15, 0.2) is 91.0 Å². The van der Waals surface area contributed by atoms with Crippen molar-refractivity contribution in [3.8, 4) is 17.2 Å². The zero-order chi connectivity index (χ0) is 27.5. The Morgan fingerprint density at radius 2 is 1.44 bits per heavy atom. The molecule has 1 N–H and O–H groups in total. The molecule has 1 amide bonds. The zero-order valence-electron chi connectivity index (χ0n) is 22.0. The number of carbonyl (C=O) groups is 2. The summed E-state index contributed by atoms with van der Waals surface area (Å²) in [5.74, 6) is 0.623. The highest BCUT2D eigenvalue weighted by Crippen LogP contribution is 2.24. The van der Waals surface area contributed by atoms with E-state index in [9.17, 15) is 14.7 Å². The van der Waals surface area contributed by atoms with Crippen molar-refractivity contribution in [1.29, 1.82) is 0 Å². The molecule has 0 aromatic heterocycles. The molecule has 4 aromatic rings. The second kappa shape index (κ2) is 13.9. The highest BCUT2D eigenvalue weighted by molar-refractivity contribution is 5.85. The smallest absolute Gasteiger partial charge is 0.416 e. The molecule has 0 fully saturated rings. The predicted octanol–water partition coefficient (Wildman–Crippen LogP) is 6.73. The third kappa shape index (κ3) is 8.50. The lowest BCUT2D eigenvalue weighted by Crippen LogP contribution is -2.37. The van der Waals surface area contributed by atoms with Crippen molar-refractivity contribution in [3.05, 3.63) is 102 Å². The fourth-order valence-electron chi connectivity index (χ4n) is 4.28. The first-order valence-corrected chi connectivity index (χ1v) is 13.0. The number of fused-ring (bicyclic) bond motifs is 1. The molecule has 0 aliphatic rings. The van der Waals surface area contributed by atoms with E-state index < -0.39 is 18.6 Å². The molecule has 0 unspecified atom stereocenters. The zero-order valence-corrected chi connectivity index (χ0v) is 22.0. The monoisotopic (exact) mass is 527 g/mol. The van der Waals surface area contributed by atoms with E-state index in [-0.39, 0.29) is 6.54 Å². The Morgan fingerprint density at radius 3 is 2.18 bits per heavy atom. The Morgan fingerprint density at radius 1 is 0.744 bits per heavy atom. The van der Waals surface area contributed by atoms with Gasteiger partial charge in [0.1, 0.15) is 23.8 Å². The van der Waals surface area contributed by atoms with Gasteiger partial charge in [-0.2, -0.15) is 0 Å². The van der Waals surface area contributed by atoms with Crippen LogP contribution in [0.1, 0.15) is 30.4 Å². The number of rotatable bonds is 13. The Kier molecular flexibility index (Phi) is 9.78. The number of amides is 1. The van der Waals surface area contributed by atoms with Crippen LogP contribution < -0.4 is 14.2 Å². The highest BCUT2D eigenvalue weighted by Gasteiger charge is 2.20. The summed E-state index contributed by atoms with van der Waals surface area (Å²) in [6.45, 7) is 0.280. The maximum Gasteiger partial charge on any atom is 0.416 e. The van der Waals surface area contributed by atoms with E-state index in [2.05, 4.69) is 24.3 Å². The lowest BCUT2D eigenvalue weighted by molar-refractivity contribution is -0.138. The molecular formula is C32H33NO6. The number of ether oxygens (including phenoxy) is 3. The summed E-state index contributed by atoms with van der Waals surface area (Å²) in [6.07, 6.45) is 3.59. The van der Waals surface area contributed by atoms with E-state index in [1.54, 1.807) is 31.4 Å². The van der Waals surface area contributed by atoms with Crippen LogP contribution in [0.5, 0.6) is 17.2 Å². The molecule has 0 bridgehead atoms. The van der Waals surface area contributed by atoms with Crippen molar-refractivity contribution in [3.63, 3.8) is 0 Å². The topological polar surface area (TPSA) is 85.3 Å². The van der Waals surface area contributed by atoms with Crippen molar-refractivity contribution in [2.45, 2.75) is 32.2 Å². The Balaban J connectivity index is 1.31. The van der Waals surface area contributed by atoms with Crippen molar-refractivity contribution >= 4 is 22.8 Å². The standard InChI is InChI=1S/C32H33NO6/c1-37-28-15-17-29(18-16-28)39-32(36)33(23-31(34)35)22-25-11-12-27-21-30(14-13-26(27)20-25)38-19-7-3-6-10-24-8-4-2-5-9-24/h2,4-5,8-9,11-18,20-21H,3,6-7,10,19,22-23H2,1H3,(H,34,35). The van der Waals surface area contributed by atoms with Gasteiger partial charge in [-0.05, 0) is 90.0 Å². The van der Waals surface area contributed by atoms with Gasteiger partial charge < -0.3 is 19.3 Å². The lowest BCUT2D eigenvalue weighted by Gasteiger charge is -2.20. The van der Waals surface area contributed by atoms with E-state index in [0.717, 1.165) is 52.7 Å². The fraction of sp³-hybridized carbons (Fsp3) is 0.250. The van der Waals surface area contributed by atoms with Crippen LogP contribution in [-0.4, -0.2) is 42.3 Å². The first kappa shape index (κ1) is 27.5. The molecule has 4 aromatic carbocycles. The lowest BCUT2D eigenvalue weighted by atomic mass is 10.1. The second-order valence-corrected chi connectivity index (χ2v) is 9.28. The number of aryl methyl sites for hydroxylation is 1. The van der Waals surface area contributed by atoms with E-state index in [1.807, 2.05) is 42.5 Å². The molecule has 0 saturated carbocycles. The summed E-state index contributed by atoms with van der Waals surface area (Å²) < 4.78 is 16.5. The fourth-order valence-corrected chi connectivity index (χ4v) is 4.28. The summed E-state index contributed by atoms with van der Waals surface area (Å²) in [5, 5.41) is 11.3. The summed E-state index contributed by atoms with van der Waals surface area (Å²) in [6, 6.07) is 28.7. The molecule has 4 rings (SSSR count). The molecule has 0 aliphatic heterocycles. The molecule has 7 heteroatoms. The van der Waals surface area contributed by atoms with Crippen LogP contribution in [0.25, 0.3) is 10.8 Å². The van der Waals surface area contributed by atoms with Gasteiger partial charge in [0.2, 0.25) is 0 Å². The normalized spacial score (nSPS) is 10.7. The number of carboxylic acid groups (broad SMARTS) is 1. The molecule has 0 heterocycles. The van der Waals surface area contributed by atoms with Gasteiger partial charge in [-0.1, -0.05) is 48.5 Å². The van der Waals surface area contributed by atoms with E-state index in [0.29, 0.717) is 18.1 Å². The van der Waals surface area contributed by atoms with Crippen LogP contribution in [-0.2, 0) is 17.8 Å². The van der Waals surface area contributed by atoms with E-state index >= 15 is 0 Å². The van der Waals surface area contributed by atoms with Gasteiger partial charge in [0.05, 0.1) is 13.7 Å². The van der Waals surface area contributed by atoms with E-state index in [4.69, 9.17) is 14.2 Å². The van der Waals surface area contributed by atoms with Gasteiger partial charge in [-0.15, -0.1) is 0 Å². The van der Waals surface area contributed by atoms with Crippen LogP contribution in [0.4, 0.5) is 4.79 Å². The van der Waals surface area contributed by atoms with Crippen LogP contribution in [0.2, 0.25) is 0 Å². The summed E-state index contributed by atoms with van der Waals surface area (Å²) in [4.78, 5) is 25.3. The predicted molar refractivity (Wildman–Crippen MR) is 151 cm³/mol. The molecule has 7 nitrogen and oxygen atoms in total. The summed E-state index contributed by atoms with van der Waals surface area (Å²) in [5.41, 5.74) is 2.16. The molecular weight excluding hydrogens is 494 g/mol. The Labute approximate surface area is 228 Å². The number of hydrogen-bond donors (Lipinski definition) is 1. The maximum absolute atomic E-state index is 12.7. The Bertz CT molecular complexity index is 1370. The first-order valence-electron chi connectivity index (χ1n) is 13.0. The molecule has 0 aliphatic carbocycles. The van der Waals surface area contributed by atoms with Crippen molar-refractivity contribution < 1.29 is 28.9 Å². The minimum atomic E-state index is -1.12. The summed E-state index contributed by atoms with van der Waals surface area (Å²) in [7, 11) is 1.54. The van der Waals surface area contributed by atoms with Gasteiger partial charge in [-0.25, -0.2) is 4.79 Å². The molecule has 39 heavy (non-hydrogen) atoms. The van der Waals surface area contributed by atoms with Crippen molar-refractivity contribution in [1.82, 2.24) is 4.90 Å². The molecule has 0 spiro atoms. The number of benzene rings is 4. The third-order valence-corrected chi connectivity index (χ3v) is 6.32. The minimum Gasteiger partial charge on any atom is -0.497 e. The third-order valence-electron chi connectivity index (χ3n) is 6.32. The summed E-state index contributed by atoms with van der Waals surface area (Å²) >= 11 is 0. The maximum atomic E-state index is 12.7. The van der Waals surface area contributed by atoms with E-state index in [1.165, 1.54) is 5.56 Å². The van der Waals surface area contributed by atoms with Crippen LogP contribution >= 0.6 is 0 Å².